The number of methoxy groups -OCH3 is 2. The Morgan fingerprint density at radius 1 is 1.00 bits per heavy atom. The fourth-order valence-corrected chi connectivity index (χ4v) is 2.29. The van der Waals surface area contributed by atoms with Gasteiger partial charge in [-0.05, 0) is 36.8 Å². The maximum absolute atomic E-state index is 5.40. The molecule has 2 aromatic carbocycles. The third-order valence-electron chi connectivity index (χ3n) is 2.57. The van der Waals surface area contributed by atoms with Gasteiger partial charge in [0.25, 0.3) is 0 Å². The van der Waals surface area contributed by atoms with Gasteiger partial charge in [0.15, 0.2) is 0 Å². The zero-order chi connectivity index (χ0) is 11.7. The second-order valence-corrected chi connectivity index (χ2v) is 4.49. The number of hydrogen-bond acceptors (Lipinski definition) is 2. The first-order valence-electron chi connectivity index (χ1n) is 4.98. The molecule has 0 aliphatic heterocycles. The minimum Gasteiger partial charge on any atom is -0.496 e. The third kappa shape index (κ3) is 1.76. The smallest absolute Gasteiger partial charge is 0.130 e. The van der Waals surface area contributed by atoms with Gasteiger partial charge >= 0.3 is 0 Å². The summed E-state index contributed by atoms with van der Waals surface area (Å²) in [7, 11) is 3.34. The molecule has 84 valence electrons. The second kappa shape index (κ2) is 4.34. The van der Waals surface area contributed by atoms with Gasteiger partial charge in [0.05, 0.1) is 19.6 Å². The summed E-state index contributed by atoms with van der Waals surface area (Å²) >= 11 is 3.55. The van der Waals surface area contributed by atoms with Crippen molar-refractivity contribution >= 4 is 26.7 Å². The van der Waals surface area contributed by atoms with Gasteiger partial charge in [0.1, 0.15) is 11.5 Å². The summed E-state index contributed by atoms with van der Waals surface area (Å²) in [6.45, 7) is 2.05. The Morgan fingerprint density at radius 3 is 2.31 bits per heavy atom. The van der Waals surface area contributed by atoms with Gasteiger partial charge in [0.2, 0.25) is 0 Å². The highest BCUT2D eigenvalue weighted by atomic mass is 79.9. The van der Waals surface area contributed by atoms with Crippen molar-refractivity contribution in [2.45, 2.75) is 6.92 Å². The molecule has 0 N–H and O–H groups in total. The highest BCUT2D eigenvalue weighted by molar-refractivity contribution is 9.10. The lowest BCUT2D eigenvalue weighted by atomic mass is 10.1. The fourth-order valence-electron chi connectivity index (χ4n) is 1.85. The van der Waals surface area contributed by atoms with Crippen LogP contribution < -0.4 is 9.47 Å². The van der Waals surface area contributed by atoms with Gasteiger partial charge in [0, 0.05) is 9.86 Å². The molecule has 0 atom stereocenters. The lowest BCUT2D eigenvalue weighted by Gasteiger charge is -2.12. The molecule has 3 heteroatoms. The van der Waals surface area contributed by atoms with E-state index in [2.05, 4.69) is 22.0 Å². The molecule has 0 aliphatic rings. The molecule has 0 saturated carbocycles. The summed E-state index contributed by atoms with van der Waals surface area (Å²) in [5.74, 6) is 1.67. The Balaban J connectivity index is 2.91. The van der Waals surface area contributed by atoms with Crippen LogP contribution in [0.1, 0.15) is 5.56 Å². The van der Waals surface area contributed by atoms with Crippen LogP contribution in [0.3, 0.4) is 0 Å². The lowest BCUT2D eigenvalue weighted by molar-refractivity contribution is 0.405. The molecule has 2 rings (SSSR count). The normalized spacial score (nSPS) is 10.5. The van der Waals surface area contributed by atoms with E-state index in [-0.39, 0.29) is 0 Å². The molecule has 16 heavy (non-hydrogen) atoms. The molecule has 0 radical (unpaired) electrons. The average molecular weight is 281 g/mol. The minimum atomic E-state index is 0.829. The van der Waals surface area contributed by atoms with Crippen molar-refractivity contribution in [3.63, 3.8) is 0 Å². The SMILES string of the molecule is COc1ccc(Br)c2cc(C)cc(OC)c12. The first-order valence-corrected chi connectivity index (χ1v) is 5.77. The van der Waals surface area contributed by atoms with Crippen LogP contribution >= 0.6 is 15.9 Å². The Hall–Kier alpha value is -1.22. The molecule has 0 heterocycles. The second-order valence-electron chi connectivity index (χ2n) is 3.64. The van der Waals surface area contributed by atoms with Crippen LogP contribution in [0.4, 0.5) is 0 Å². The largest absolute Gasteiger partial charge is 0.496 e. The molecule has 0 saturated heterocycles. The van der Waals surface area contributed by atoms with Crippen molar-refractivity contribution in [2.75, 3.05) is 14.2 Å². The number of ether oxygens (including phenoxy) is 2. The van der Waals surface area contributed by atoms with Crippen molar-refractivity contribution in [2.24, 2.45) is 0 Å². The molecule has 0 bridgehead atoms. The number of halogens is 1. The molecule has 2 nitrogen and oxygen atoms in total. The van der Waals surface area contributed by atoms with Crippen molar-refractivity contribution in [3.05, 3.63) is 34.3 Å². The Bertz CT molecular complexity index is 535. The van der Waals surface area contributed by atoms with E-state index in [1.54, 1.807) is 14.2 Å². The van der Waals surface area contributed by atoms with E-state index in [4.69, 9.17) is 9.47 Å². The third-order valence-corrected chi connectivity index (χ3v) is 3.26. The predicted octanol–water partition coefficient (Wildman–Crippen LogP) is 3.93. The Labute approximate surface area is 103 Å². The van der Waals surface area contributed by atoms with Crippen molar-refractivity contribution in [1.29, 1.82) is 0 Å². The van der Waals surface area contributed by atoms with Crippen LogP contribution in [0.25, 0.3) is 10.8 Å². The molecule has 0 unspecified atom stereocenters. The van der Waals surface area contributed by atoms with Crippen LogP contribution in [0.5, 0.6) is 11.5 Å². The first kappa shape index (κ1) is 11.3. The molecule has 0 fully saturated rings. The van der Waals surface area contributed by atoms with E-state index >= 15 is 0 Å². The summed E-state index contributed by atoms with van der Waals surface area (Å²) in [6, 6.07) is 8.05. The van der Waals surface area contributed by atoms with E-state index in [9.17, 15) is 0 Å². The molecule has 2 aromatic rings. The molecule has 0 amide bonds. The number of benzene rings is 2. The summed E-state index contributed by atoms with van der Waals surface area (Å²) in [5.41, 5.74) is 1.17. The van der Waals surface area contributed by atoms with Crippen molar-refractivity contribution in [3.8, 4) is 11.5 Å². The van der Waals surface area contributed by atoms with E-state index in [0.717, 1.165) is 26.7 Å². The van der Waals surface area contributed by atoms with Gasteiger partial charge in [-0.25, -0.2) is 0 Å². The predicted molar refractivity (Wildman–Crippen MR) is 69.5 cm³/mol. The van der Waals surface area contributed by atoms with Crippen molar-refractivity contribution in [1.82, 2.24) is 0 Å². The fraction of sp³-hybridized carbons (Fsp3) is 0.231. The van der Waals surface area contributed by atoms with Gasteiger partial charge in [-0.15, -0.1) is 0 Å². The summed E-state index contributed by atoms with van der Waals surface area (Å²) in [5, 5.41) is 2.11. The number of fused-ring (bicyclic) bond motifs is 1. The van der Waals surface area contributed by atoms with Crippen LogP contribution in [0.15, 0.2) is 28.7 Å². The maximum atomic E-state index is 5.40. The zero-order valence-electron chi connectivity index (χ0n) is 9.50. The number of hydrogen-bond donors (Lipinski definition) is 0. The van der Waals surface area contributed by atoms with Crippen LogP contribution in [0, 0.1) is 6.92 Å². The van der Waals surface area contributed by atoms with E-state index in [1.807, 2.05) is 25.1 Å². The maximum Gasteiger partial charge on any atom is 0.130 e. The van der Waals surface area contributed by atoms with E-state index in [1.165, 1.54) is 5.56 Å². The monoisotopic (exact) mass is 280 g/mol. The highest BCUT2D eigenvalue weighted by Crippen LogP contribution is 2.38. The topological polar surface area (TPSA) is 18.5 Å². The lowest BCUT2D eigenvalue weighted by Crippen LogP contribution is -1.91. The molecule has 0 aromatic heterocycles. The number of rotatable bonds is 2. The quantitative estimate of drug-likeness (QED) is 0.830. The summed E-state index contributed by atoms with van der Waals surface area (Å²) in [4.78, 5) is 0. The Morgan fingerprint density at radius 2 is 1.69 bits per heavy atom. The molecular weight excluding hydrogens is 268 g/mol. The number of aryl methyl sites for hydroxylation is 1. The summed E-state index contributed by atoms with van der Waals surface area (Å²) in [6.07, 6.45) is 0. The van der Waals surface area contributed by atoms with Gasteiger partial charge in [-0.3, -0.25) is 0 Å². The van der Waals surface area contributed by atoms with Gasteiger partial charge < -0.3 is 9.47 Å². The van der Waals surface area contributed by atoms with Crippen LogP contribution in [-0.2, 0) is 0 Å². The van der Waals surface area contributed by atoms with Gasteiger partial charge in [-0.2, -0.15) is 0 Å². The zero-order valence-corrected chi connectivity index (χ0v) is 11.1. The van der Waals surface area contributed by atoms with Crippen LogP contribution in [0.2, 0.25) is 0 Å². The standard InChI is InChI=1S/C13H13BrO2/c1-8-6-9-10(14)4-5-11(15-2)13(9)12(7-8)16-3/h4-7H,1-3H3. The van der Waals surface area contributed by atoms with E-state index < -0.39 is 0 Å². The van der Waals surface area contributed by atoms with Gasteiger partial charge in [-0.1, -0.05) is 15.9 Å². The van der Waals surface area contributed by atoms with Crippen LogP contribution in [-0.4, -0.2) is 14.2 Å². The van der Waals surface area contributed by atoms with E-state index in [0.29, 0.717) is 0 Å². The Kier molecular flexibility index (Phi) is 3.06. The average Bonchev–Trinajstić information content (AvgIpc) is 2.29. The molecule has 0 aliphatic carbocycles. The van der Waals surface area contributed by atoms with Crippen molar-refractivity contribution < 1.29 is 9.47 Å². The first-order chi connectivity index (χ1) is 7.67. The summed E-state index contributed by atoms with van der Waals surface area (Å²) < 4.78 is 11.8. The highest BCUT2D eigenvalue weighted by Gasteiger charge is 2.11. The molecule has 0 spiro atoms. The molecular formula is C13H13BrO2. The minimum absolute atomic E-state index is 0.829.